The number of hydrogen-bond acceptors (Lipinski definition) is 2. The maximum absolute atomic E-state index is 6.53. The number of benzene rings is 7. The first kappa shape index (κ1) is 35.0. The Labute approximate surface area is 365 Å². The van der Waals surface area contributed by atoms with Crippen molar-refractivity contribution in [2.45, 2.75) is 55.8 Å². The number of aromatic nitrogens is 1. The smallest absolute Gasteiger partial charge is 0.136 e. The third-order valence-electron chi connectivity index (χ3n) is 15.7. The molecule has 4 aliphatic carbocycles. The molecule has 7 aromatic carbocycles. The predicted octanol–water partition coefficient (Wildman–Crippen LogP) is 15.0. The van der Waals surface area contributed by atoms with Crippen molar-refractivity contribution in [3.05, 3.63) is 242 Å². The van der Waals surface area contributed by atoms with Crippen LogP contribution >= 0.6 is 11.3 Å². The lowest BCUT2D eigenvalue weighted by Gasteiger charge is -2.56. The Bertz CT molecular complexity index is 3590. The van der Waals surface area contributed by atoms with Gasteiger partial charge in [-0.3, -0.25) is 0 Å². The maximum Gasteiger partial charge on any atom is 0.136 e. The van der Waals surface area contributed by atoms with Gasteiger partial charge in [-0.15, -0.1) is 11.3 Å². The molecule has 0 aliphatic heterocycles. The molecule has 0 amide bonds. The largest absolute Gasteiger partial charge is 0.456 e. The SMILES string of the molecule is CC1(C)c2ccccc2C2(C3=C(C=CC3)C3(c4ccccc4C(C)(C)c4ccccc43)c3sc(-n4c5ccccc5c5cc6oc7ccccc7c6cc54)cc32)c2ccccc21. The van der Waals surface area contributed by atoms with E-state index in [1.807, 2.05) is 11.3 Å². The molecular weight excluding hydrogens is 771 g/mol. The average Bonchev–Trinajstić information content (AvgIpc) is 4.11. The van der Waals surface area contributed by atoms with E-state index >= 15 is 0 Å². The van der Waals surface area contributed by atoms with Gasteiger partial charge in [-0.25, -0.2) is 0 Å². The van der Waals surface area contributed by atoms with Crippen molar-refractivity contribution in [2.75, 3.05) is 0 Å². The van der Waals surface area contributed by atoms with E-state index in [0.29, 0.717) is 0 Å². The van der Waals surface area contributed by atoms with Crippen molar-refractivity contribution in [1.29, 1.82) is 0 Å². The standard InChI is InChI=1S/C59H43NOS/c1-56(2)39-20-7-11-24-43(39)58(44-25-12-8-21-40(44)56)47-28-17-29-48(47)59(45-26-13-9-22-41(45)57(3,4)42-23-10-14-27-46(42)59)55-49(58)34-54(62-55)60-50-30-15-5-18-35(50)37-33-53-38(32-51(37)60)36-19-6-16-31-52(36)61-53/h5-27,29-34H,28H2,1-4H3. The molecule has 4 aliphatic rings. The summed E-state index contributed by atoms with van der Waals surface area (Å²) in [4.78, 5) is 1.42. The zero-order valence-corrected chi connectivity index (χ0v) is 36.0. The van der Waals surface area contributed by atoms with Gasteiger partial charge in [0.2, 0.25) is 0 Å². The van der Waals surface area contributed by atoms with Gasteiger partial charge >= 0.3 is 0 Å². The van der Waals surface area contributed by atoms with Crippen LogP contribution < -0.4 is 0 Å². The van der Waals surface area contributed by atoms with E-state index in [2.05, 4.69) is 208 Å². The number of rotatable bonds is 1. The van der Waals surface area contributed by atoms with Crippen molar-refractivity contribution >= 4 is 55.1 Å². The Morgan fingerprint density at radius 3 is 1.58 bits per heavy atom. The van der Waals surface area contributed by atoms with Gasteiger partial charge in [-0.05, 0) is 98.0 Å². The summed E-state index contributed by atoms with van der Waals surface area (Å²) >= 11 is 2.00. The summed E-state index contributed by atoms with van der Waals surface area (Å²) in [6.45, 7) is 9.71. The molecule has 62 heavy (non-hydrogen) atoms. The van der Waals surface area contributed by atoms with E-state index in [1.165, 1.54) is 92.9 Å². The van der Waals surface area contributed by atoms with Gasteiger partial charge in [-0.1, -0.05) is 173 Å². The van der Waals surface area contributed by atoms with Crippen molar-refractivity contribution < 1.29 is 4.42 Å². The number of nitrogens with zero attached hydrogens (tertiary/aromatic N) is 1. The van der Waals surface area contributed by atoms with Crippen LogP contribution in [0.1, 0.15) is 89.1 Å². The van der Waals surface area contributed by atoms with Crippen LogP contribution in [0.25, 0.3) is 48.7 Å². The third-order valence-corrected chi connectivity index (χ3v) is 16.9. The molecule has 3 heteroatoms. The highest BCUT2D eigenvalue weighted by Crippen LogP contribution is 2.69. The molecule has 0 saturated carbocycles. The van der Waals surface area contributed by atoms with Gasteiger partial charge in [0, 0.05) is 37.3 Å². The minimum absolute atomic E-state index is 0.182. The predicted molar refractivity (Wildman–Crippen MR) is 257 cm³/mol. The minimum Gasteiger partial charge on any atom is -0.456 e. The summed E-state index contributed by atoms with van der Waals surface area (Å²) in [6, 6.07) is 62.3. The number of allylic oxidation sites excluding steroid dienone is 4. The summed E-state index contributed by atoms with van der Waals surface area (Å²) in [5, 5.41) is 5.96. The van der Waals surface area contributed by atoms with E-state index in [0.717, 1.165) is 28.4 Å². The summed E-state index contributed by atoms with van der Waals surface area (Å²) in [5.74, 6) is 0. The topological polar surface area (TPSA) is 18.1 Å². The first-order valence-electron chi connectivity index (χ1n) is 22.1. The Hall–Kier alpha value is -6.68. The molecule has 0 bridgehead atoms. The fourth-order valence-electron chi connectivity index (χ4n) is 13.1. The number of hydrogen-bond donors (Lipinski definition) is 0. The Morgan fingerprint density at radius 2 is 0.968 bits per heavy atom. The average molecular weight is 814 g/mol. The van der Waals surface area contributed by atoms with Gasteiger partial charge in [-0.2, -0.15) is 0 Å². The lowest BCUT2D eigenvalue weighted by atomic mass is 9.46. The molecule has 0 saturated heterocycles. The Balaban J connectivity index is 1.20. The number of fused-ring (bicyclic) bond motifs is 19. The highest BCUT2D eigenvalue weighted by molar-refractivity contribution is 7.15. The second-order valence-corrected chi connectivity index (χ2v) is 20.1. The fourth-order valence-corrected chi connectivity index (χ4v) is 14.6. The van der Waals surface area contributed by atoms with E-state index < -0.39 is 10.8 Å². The molecule has 0 unspecified atom stereocenters. The number of thiophene rings is 1. The van der Waals surface area contributed by atoms with Crippen molar-refractivity contribution in [1.82, 2.24) is 4.57 Å². The van der Waals surface area contributed by atoms with E-state index in [1.54, 1.807) is 0 Å². The third kappa shape index (κ3) is 3.91. The van der Waals surface area contributed by atoms with Gasteiger partial charge in [0.1, 0.15) is 16.2 Å². The van der Waals surface area contributed by atoms with Crippen LogP contribution in [-0.4, -0.2) is 4.57 Å². The van der Waals surface area contributed by atoms with Crippen molar-refractivity contribution in [2.24, 2.45) is 0 Å². The van der Waals surface area contributed by atoms with Crippen LogP contribution in [0.5, 0.6) is 0 Å². The molecule has 0 N–H and O–H groups in total. The highest BCUT2D eigenvalue weighted by Gasteiger charge is 2.62. The van der Waals surface area contributed by atoms with Crippen LogP contribution in [0.4, 0.5) is 0 Å². The summed E-state index contributed by atoms with van der Waals surface area (Å²) in [6.07, 6.45) is 5.88. The van der Waals surface area contributed by atoms with E-state index in [-0.39, 0.29) is 10.8 Å². The normalized spacial score (nSPS) is 18.0. The molecule has 3 heterocycles. The van der Waals surface area contributed by atoms with Gasteiger partial charge in [0.15, 0.2) is 0 Å². The monoisotopic (exact) mass is 813 g/mol. The molecule has 10 aromatic rings. The second-order valence-electron chi connectivity index (χ2n) is 19.1. The van der Waals surface area contributed by atoms with Crippen LogP contribution in [0.2, 0.25) is 0 Å². The summed E-state index contributed by atoms with van der Waals surface area (Å²) in [7, 11) is 0. The van der Waals surface area contributed by atoms with Gasteiger partial charge in [0.05, 0.1) is 21.9 Å². The first-order chi connectivity index (χ1) is 30.3. The molecule has 2 spiro atoms. The quantitative estimate of drug-likeness (QED) is 0.161. The molecule has 0 fully saturated rings. The van der Waals surface area contributed by atoms with Crippen LogP contribution in [0, 0.1) is 0 Å². The van der Waals surface area contributed by atoms with Crippen LogP contribution in [0.15, 0.2) is 192 Å². The van der Waals surface area contributed by atoms with E-state index in [4.69, 9.17) is 4.42 Å². The number of para-hydroxylation sites is 2. The summed E-state index contributed by atoms with van der Waals surface area (Å²) < 4.78 is 9.11. The Morgan fingerprint density at radius 1 is 0.452 bits per heavy atom. The van der Waals surface area contributed by atoms with Crippen LogP contribution in [-0.2, 0) is 21.7 Å². The van der Waals surface area contributed by atoms with Gasteiger partial charge < -0.3 is 8.98 Å². The van der Waals surface area contributed by atoms with Crippen molar-refractivity contribution in [3.8, 4) is 5.00 Å². The van der Waals surface area contributed by atoms with E-state index in [9.17, 15) is 0 Å². The van der Waals surface area contributed by atoms with Crippen LogP contribution in [0.3, 0.4) is 0 Å². The molecule has 296 valence electrons. The molecule has 0 atom stereocenters. The zero-order valence-electron chi connectivity index (χ0n) is 35.2. The lowest BCUT2D eigenvalue weighted by molar-refractivity contribution is 0.512. The number of furan rings is 1. The second kappa shape index (κ2) is 11.6. The molecular formula is C59H43NOS. The lowest BCUT2D eigenvalue weighted by Crippen LogP contribution is -2.50. The molecule has 0 radical (unpaired) electrons. The molecule has 14 rings (SSSR count). The van der Waals surface area contributed by atoms with Gasteiger partial charge in [0.25, 0.3) is 0 Å². The molecule has 2 nitrogen and oxygen atoms in total. The zero-order chi connectivity index (χ0) is 41.3. The molecule has 3 aromatic heterocycles. The highest BCUT2D eigenvalue weighted by atomic mass is 32.1. The summed E-state index contributed by atoms with van der Waals surface area (Å²) in [5.41, 5.74) is 18.4. The van der Waals surface area contributed by atoms with Crippen molar-refractivity contribution in [3.63, 3.8) is 0 Å². The maximum atomic E-state index is 6.53. The Kier molecular flexibility index (Phi) is 6.55. The fraction of sp³-hybridized carbons (Fsp3) is 0.153. The first-order valence-corrected chi connectivity index (χ1v) is 22.9. The minimum atomic E-state index is -0.530.